The van der Waals surface area contributed by atoms with Crippen LogP contribution in [0.1, 0.15) is 51.4 Å². The third-order valence-electron chi connectivity index (χ3n) is 5.06. The van der Waals surface area contributed by atoms with Gasteiger partial charge in [-0.2, -0.15) is 0 Å². The summed E-state index contributed by atoms with van der Waals surface area (Å²) in [6, 6.07) is 3.82. The molecule has 9 nitrogen and oxygen atoms in total. The van der Waals surface area contributed by atoms with E-state index in [0.29, 0.717) is 32.7 Å². The van der Waals surface area contributed by atoms with Gasteiger partial charge in [-0.05, 0) is 45.4 Å². The van der Waals surface area contributed by atoms with Crippen LogP contribution < -0.4 is 4.90 Å². The average molecular weight is 483 g/mol. The lowest BCUT2D eigenvalue weighted by Crippen LogP contribution is -2.49. The second-order valence-corrected chi connectivity index (χ2v) is 8.68. The number of esters is 1. The number of rotatable bonds is 4. The summed E-state index contributed by atoms with van der Waals surface area (Å²) in [7, 11) is 0. The van der Waals surface area contributed by atoms with Crippen LogP contribution in [0.4, 0.5) is 10.1 Å². The van der Waals surface area contributed by atoms with Crippen LogP contribution in [0.15, 0.2) is 18.2 Å². The van der Waals surface area contributed by atoms with Gasteiger partial charge in [0.25, 0.3) is 11.8 Å². The molecule has 2 aliphatic heterocycles. The zero-order valence-electron chi connectivity index (χ0n) is 20.5. The van der Waals surface area contributed by atoms with Crippen molar-refractivity contribution in [2.45, 2.75) is 58.8 Å². The first-order valence-corrected chi connectivity index (χ1v) is 11.6. The Morgan fingerprint density at radius 1 is 1.15 bits per heavy atom. The minimum atomic E-state index is -1.82. The highest BCUT2D eigenvalue weighted by atomic mass is 19.1. The van der Waals surface area contributed by atoms with Gasteiger partial charge in [0.1, 0.15) is 11.4 Å². The molecule has 2 amide bonds. The van der Waals surface area contributed by atoms with E-state index >= 15 is 0 Å². The number of aliphatic hydroxyl groups is 1. The normalized spacial score (nSPS) is 20.1. The first-order valence-electron chi connectivity index (χ1n) is 11.6. The molecule has 0 bridgehead atoms. The number of morpholine rings is 1. The Kier molecular flexibility index (Phi) is 9.96. The maximum Gasteiger partial charge on any atom is 0.338 e. The highest BCUT2D eigenvalue weighted by molar-refractivity contribution is 6.01. The van der Waals surface area contributed by atoms with Gasteiger partial charge in [0.15, 0.2) is 12.2 Å². The predicted octanol–water partition coefficient (Wildman–Crippen LogP) is 2.15. The smallest absolute Gasteiger partial charge is 0.338 e. The van der Waals surface area contributed by atoms with Gasteiger partial charge in [0, 0.05) is 31.9 Å². The van der Waals surface area contributed by atoms with E-state index in [1.165, 1.54) is 21.9 Å². The molecule has 2 fully saturated rings. The fourth-order valence-corrected chi connectivity index (χ4v) is 3.52. The lowest BCUT2D eigenvalue weighted by molar-refractivity contribution is -0.175. The molecule has 1 aromatic rings. The molecule has 10 heteroatoms. The first kappa shape index (κ1) is 27.7. The molecular formula is C24H35FN2O7. The molecule has 0 spiro atoms. The van der Waals surface area contributed by atoms with Crippen LogP contribution in [-0.4, -0.2) is 85.1 Å². The maximum absolute atomic E-state index is 14.5. The maximum atomic E-state index is 14.5. The summed E-state index contributed by atoms with van der Waals surface area (Å²) < 4.78 is 30.3. The SMILES string of the molecule is CC.CC(C)(C)OC(=O)C(O)C1OCCCN(c2ccc(F)c(C(=O)N3CCOCC3)c2)C1=O. The zero-order valence-corrected chi connectivity index (χ0v) is 20.5. The van der Waals surface area contributed by atoms with Crippen molar-refractivity contribution in [2.75, 3.05) is 44.4 Å². The number of carbonyl (C=O) groups excluding carboxylic acids is 3. The molecule has 0 radical (unpaired) electrons. The predicted molar refractivity (Wildman–Crippen MR) is 123 cm³/mol. The molecule has 2 aliphatic rings. The second-order valence-electron chi connectivity index (χ2n) is 8.68. The Morgan fingerprint density at radius 3 is 2.41 bits per heavy atom. The summed E-state index contributed by atoms with van der Waals surface area (Å²) in [5.41, 5.74) is -0.733. The minimum Gasteiger partial charge on any atom is -0.458 e. The number of halogens is 1. The van der Waals surface area contributed by atoms with Crippen LogP contribution >= 0.6 is 0 Å². The quantitative estimate of drug-likeness (QED) is 0.656. The summed E-state index contributed by atoms with van der Waals surface area (Å²) in [5, 5.41) is 10.4. The van der Waals surface area contributed by atoms with Crippen molar-refractivity contribution in [2.24, 2.45) is 0 Å². The van der Waals surface area contributed by atoms with Crippen molar-refractivity contribution >= 4 is 23.5 Å². The molecule has 1 N–H and O–H groups in total. The van der Waals surface area contributed by atoms with Gasteiger partial charge in [-0.25, -0.2) is 9.18 Å². The Bertz CT molecular complexity index is 865. The van der Waals surface area contributed by atoms with E-state index in [1.807, 2.05) is 13.8 Å². The number of hydrogen-bond acceptors (Lipinski definition) is 7. The highest BCUT2D eigenvalue weighted by Crippen LogP contribution is 2.25. The molecule has 2 heterocycles. The highest BCUT2D eigenvalue weighted by Gasteiger charge is 2.40. The van der Waals surface area contributed by atoms with E-state index in [0.717, 1.165) is 6.07 Å². The summed E-state index contributed by atoms with van der Waals surface area (Å²) in [6.45, 7) is 10.7. The number of amides is 2. The molecule has 2 atom stereocenters. The summed E-state index contributed by atoms with van der Waals surface area (Å²) in [4.78, 5) is 41.0. The van der Waals surface area contributed by atoms with Crippen molar-refractivity contribution in [3.63, 3.8) is 0 Å². The average Bonchev–Trinajstić information content (AvgIpc) is 3.01. The van der Waals surface area contributed by atoms with Crippen LogP contribution in [0.25, 0.3) is 0 Å². The van der Waals surface area contributed by atoms with E-state index in [2.05, 4.69) is 0 Å². The monoisotopic (exact) mass is 482 g/mol. The summed E-state index contributed by atoms with van der Waals surface area (Å²) >= 11 is 0. The third-order valence-corrected chi connectivity index (χ3v) is 5.06. The fourth-order valence-electron chi connectivity index (χ4n) is 3.52. The Hall–Kier alpha value is -2.56. The standard InChI is InChI=1S/C22H29FN2O7.C2H6/c1-22(2,3)32-21(29)17(26)18-20(28)25(7-4-10-31-18)14-5-6-16(23)15(13-14)19(27)24-8-11-30-12-9-24;1-2/h5-6,13,17-18,26H,4,7-12H2,1-3H3;1-2H3. The Balaban J connectivity index is 0.00000199. The van der Waals surface area contributed by atoms with E-state index in [-0.39, 0.29) is 24.4 Å². The molecule has 34 heavy (non-hydrogen) atoms. The molecule has 0 aliphatic carbocycles. The number of nitrogens with zero attached hydrogens (tertiary/aromatic N) is 2. The molecule has 2 saturated heterocycles. The van der Waals surface area contributed by atoms with E-state index in [1.54, 1.807) is 20.8 Å². The molecule has 3 rings (SSSR count). The molecular weight excluding hydrogens is 447 g/mol. The Morgan fingerprint density at radius 2 is 1.79 bits per heavy atom. The van der Waals surface area contributed by atoms with Crippen molar-refractivity contribution in [1.29, 1.82) is 0 Å². The number of aliphatic hydroxyl groups excluding tert-OH is 1. The molecule has 190 valence electrons. The van der Waals surface area contributed by atoms with Gasteiger partial charge in [0.05, 0.1) is 18.8 Å². The van der Waals surface area contributed by atoms with Gasteiger partial charge < -0.3 is 29.1 Å². The molecule has 1 aromatic carbocycles. The lowest BCUT2D eigenvalue weighted by Gasteiger charge is -2.29. The van der Waals surface area contributed by atoms with Gasteiger partial charge >= 0.3 is 5.97 Å². The van der Waals surface area contributed by atoms with Gasteiger partial charge in [-0.1, -0.05) is 13.8 Å². The van der Waals surface area contributed by atoms with Crippen LogP contribution in [0, 0.1) is 5.82 Å². The van der Waals surface area contributed by atoms with Crippen LogP contribution in [0.2, 0.25) is 0 Å². The van der Waals surface area contributed by atoms with Crippen molar-refractivity contribution in [3.05, 3.63) is 29.6 Å². The topological polar surface area (TPSA) is 106 Å². The van der Waals surface area contributed by atoms with Crippen molar-refractivity contribution in [1.82, 2.24) is 4.90 Å². The van der Waals surface area contributed by atoms with E-state index in [4.69, 9.17) is 14.2 Å². The van der Waals surface area contributed by atoms with E-state index < -0.39 is 41.4 Å². The summed E-state index contributed by atoms with van der Waals surface area (Å²) in [6.07, 6.45) is -2.87. The van der Waals surface area contributed by atoms with Crippen molar-refractivity contribution < 1.29 is 38.1 Å². The first-order chi connectivity index (χ1) is 16.1. The molecule has 2 unspecified atom stereocenters. The van der Waals surface area contributed by atoms with Gasteiger partial charge in [-0.3, -0.25) is 9.59 Å². The number of carbonyl (C=O) groups is 3. The third kappa shape index (κ3) is 6.97. The second kappa shape index (κ2) is 12.2. The van der Waals surface area contributed by atoms with E-state index in [9.17, 15) is 23.9 Å². The number of anilines is 1. The van der Waals surface area contributed by atoms with Crippen molar-refractivity contribution in [3.8, 4) is 0 Å². The van der Waals surface area contributed by atoms with Crippen LogP contribution in [0.3, 0.4) is 0 Å². The number of benzene rings is 1. The molecule has 0 aromatic heterocycles. The van der Waals surface area contributed by atoms with Gasteiger partial charge in [-0.15, -0.1) is 0 Å². The molecule has 0 saturated carbocycles. The van der Waals surface area contributed by atoms with Gasteiger partial charge in [0.2, 0.25) is 0 Å². The number of ether oxygens (including phenoxy) is 3. The fraction of sp³-hybridized carbons (Fsp3) is 0.625. The minimum absolute atomic E-state index is 0.132. The number of hydrogen-bond donors (Lipinski definition) is 1. The lowest BCUT2D eigenvalue weighted by atomic mass is 10.1. The van der Waals surface area contributed by atoms with Crippen LogP contribution in [0.5, 0.6) is 0 Å². The Labute approximate surface area is 199 Å². The summed E-state index contributed by atoms with van der Waals surface area (Å²) in [5.74, 6) is -2.83. The van der Waals surface area contributed by atoms with Crippen LogP contribution in [-0.2, 0) is 23.8 Å². The zero-order chi connectivity index (χ0) is 25.5. The largest absolute Gasteiger partial charge is 0.458 e.